The normalized spacial score (nSPS) is 23.9. The van der Waals surface area contributed by atoms with Gasteiger partial charge in [0.15, 0.2) is 5.96 Å². The molecule has 1 aliphatic heterocycles. The van der Waals surface area contributed by atoms with Crippen LogP contribution in [-0.2, 0) is 0 Å². The molecule has 1 aromatic heterocycles. The second kappa shape index (κ2) is 9.78. The fraction of sp³-hybridized carbons (Fsp3) is 0.429. The maximum absolute atomic E-state index is 6.28. The molecule has 7 heteroatoms. The van der Waals surface area contributed by atoms with E-state index in [4.69, 9.17) is 11.6 Å². The molecule has 2 fully saturated rings. The van der Waals surface area contributed by atoms with Gasteiger partial charge in [-0.05, 0) is 42.4 Å². The molecule has 2 aliphatic rings. The average molecular weight is 512 g/mol. The highest BCUT2D eigenvalue weighted by molar-refractivity contribution is 14.0. The van der Waals surface area contributed by atoms with Gasteiger partial charge in [0.25, 0.3) is 0 Å². The van der Waals surface area contributed by atoms with Gasteiger partial charge >= 0.3 is 0 Å². The summed E-state index contributed by atoms with van der Waals surface area (Å²) in [7, 11) is 1.83. The highest BCUT2D eigenvalue weighted by Crippen LogP contribution is 2.46. The van der Waals surface area contributed by atoms with Crippen LogP contribution in [0.5, 0.6) is 0 Å². The first-order chi connectivity index (χ1) is 13.2. The maximum atomic E-state index is 6.28. The fourth-order valence-corrected chi connectivity index (χ4v) is 4.12. The van der Waals surface area contributed by atoms with Crippen molar-refractivity contribution < 1.29 is 0 Å². The van der Waals surface area contributed by atoms with Crippen LogP contribution in [0.2, 0.25) is 5.02 Å². The summed E-state index contributed by atoms with van der Waals surface area (Å²) < 4.78 is 0. The Hall–Kier alpha value is -1.54. The van der Waals surface area contributed by atoms with Gasteiger partial charge in [0.1, 0.15) is 5.82 Å². The van der Waals surface area contributed by atoms with Crippen LogP contribution in [0.1, 0.15) is 24.3 Å². The van der Waals surface area contributed by atoms with Crippen molar-refractivity contribution in [3.8, 4) is 0 Å². The fourth-order valence-electron chi connectivity index (χ4n) is 3.88. The Bertz CT molecular complexity index is 800. The number of aliphatic imine (C=N–C) groups is 1. The van der Waals surface area contributed by atoms with Crippen molar-refractivity contribution >= 4 is 47.4 Å². The second-order valence-corrected chi connectivity index (χ2v) is 7.76. The van der Waals surface area contributed by atoms with Gasteiger partial charge in [0.05, 0.1) is 5.02 Å². The smallest absolute Gasteiger partial charge is 0.191 e. The minimum atomic E-state index is 0. The number of rotatable bonds is 5. The number of aromatic nitrogens is 1. The van der Waals surface area contributed by atoms with E-state index in [2.05, 4.69) is 55.8 Å². The summed E-state index contributed by atoms with van der Waals surface area (Å²) in [4.78, 5) is 11.1. The van der Waals surface area contributed by atoms with E-state index >= 15 is 0 Å². The summed E-state index contributed by atoms with van der Waals surface area (Å²) >= 11 is 6.28. The molecule has 0 radical (unpaired) electrons. The van der Waals surface area contributed by atoms with Gasteiger partial charge in [-0.3, -0.25) is 4.99 Å². The number of halogens is 2. The molecule has 1 saturated heterocycles. The van der Waals surface area contributed by atoms with Gasteiger partial charge in [-0.1, -0.05) is 41.9 Å². The van der Waals surface area contributed by atoms with E-state index < -0.39 is 0 Å². The predicted octanol–water partition coefficient (Wildman–Crippen LogP) is 3.90. The summed E-state index contributed by atoms with van der Waals surface area (Å²) in [5.74, 6) is 3.13. The van der Waals surface area contributed by atoms with E-state index in [-0.39, 0.29) is 24.0 Å². The minimum absolute atomic E-state index is 0. The number of benzene rings is 1. The number of anilines is 1. The molecule has 3 unspecified atom stereocenters. The Kier molecular flexibility index (Phi) is 7.40. The number of nitrogens with zero attached hydrogens (tertiary/aromatic N) is 3. The molecular weight excluding hydrogens is 485 g/mol. The third kappa shape index (κ3) is 5.08. The number of nitrogens with one attached hydrogen (secondary N) is 2. The topological polar surface area (TPSA) is 52.6 Å². The van der Waals surface area contributed by atoms with E-state index in [0.717, 1.165) is 37.8 Å². The van der Waals surface area contributed by atoms with Crippen LogP contribution in [0.4, 0.5) is 5.82 Å². The quantitative estimate of drug-likeness (QED) is 0.363. The monoisotopic (exact) mass is 511 g/mol. The Morgan fingerprint density at radius 1 is 1.25 bits per heavy atom. The van der Waals surface area contributed by atoms with Crippen LogP contribution in [0, 0.1) is 5.92 Å². The maximum Gasteiger partial charge on any atom is 0.191 e. The number of hydrogen-bond acceptors (Lipinski definition) is 3. The molecule has 2 aromatic rings. The van der Waals surface area contributed by atoms with Gasteiger partial charge in [0.2, 0.25) is 0 Å². The molecule has 1 aliphatic carbocycles. The van der Waals surface area contributed by atoms with E-state index in [1.807, 2.05) is 19.2 Å². The van der Waals surface area contributed by atoms with Gasteiger partial charge in [-0.25, -0.2) is 4.98 Å². The lowest BCUT2D eigenvalue weighted by atomic mass is 10.1. The zero-order valence-corrected chi connectivity index (χ0v) is 19.1. The van der Waals surface area contributed by atoms with Gasteiger partial charge in [-0.15, -0.1) is 24.0 Å². The van der Waals surface area contributed by atoms with Crippen LogP contribution in [0.15, 0.2) is 53.7 Å². The van der Waals surface area contributed by atoms with Crippen molar-refractivity contribution in [3.05, 3.63) is 59.2 Å². The van der Waals surface area contributed by atoms with Gasteiger partial charge < -0.3 is 15.5 Å². The summed E-state index contributed by atoms with van der Waals surface area (Å²) in [6.45, 7) is 2.79. The molecule has 28 heavy (non-hydrogen) atoms. The first-order valence-corrected chi connectivity index (χ1v) is 10.00. The van der Waals surface area contributed by atoms with Crippen molar-refractivity contribution in [2.75, 3.05) is 31.6 Å². The third-order valence-corrected chi connectivity index (χ3v) is 5.77. The number of guanidine groups is 1. The van der Waals surface area contributed by atoms with E-state index in [1.54, 1.807) is 6.20 Å². The summed E-state index contributed by atoms with van der Waals surface area (Å²) in [6, 6.07) is 14.9. The number of hydrogen-bond donors (Lipinski definition) is 2. The Labute approximate surface area is 189 Å². The number of pyridine rings is 1. The Balaban J connectivity index is 0.00000225. The van der Waals surface area contributed by atoms with Crippen LogP contribution < -0.4 is 15.5 Å². The van der Waals surface area contributed by atoms with Crippen LogP contribution in [0.3, 0.4) is 0 Å². The van der Waals surface area contributed by atoms with Crippen molar-refractivity contribution in [1.82, 2.24) is 15.6 Å². The molecule has 0 amide bonds. The highest BCUT2D eigenvalue weighted by Gasteiger charge is 2.38. The molecular formula is C21H27ClIN5. The van der Waals surface area contributed by atoms with E-state index in [1.165, 1.54) is 12.0 Å². The van der Waals surface area contributed by atoms with E-state index in [0.29, 0.717) is 22.9 Å². The van der Waals surface area contributed by atoms with Crippen LogP contribution >= 0.6 is 35.6 Å². The van der Waals surface area contributed by atoms with E-state index in [9.17, 15) is 0 Å². The largest absolute Gasteiger partial charge is 0.356 e. The Morgan fingerprint density at radius 3 is 2.82 bits per heavy atom. The zero-order valence-electron chi connectivity index (χ0n) is 16.0. The molecule has 1 saturated carbocycles. The van der Waals surface area contributed by atoms with Gasteiger partial charge in [0, 0.05) is 38.9 Å². The molecule has 0 bridgehead atoms. The van der Waals surface area contributed by atoms with Crippen LogP contribution in [-0.4, -0.2) is 43.7 Å². The highest BCUT2D eigenvalue weighted by atomic mass is 127. The first-order valence-electron chi connectivity index (χ1n) is 9.62. The average Bonchev–Trinajstić information content (AvgIpc) is 3.34. The lowest BCUT2D eigenvalue weighted by Crippen LogP contribution is -2.45. The molecule has 150 valence electrons. The lowest BCUT2D eigenvalue weighted by molar-refractivity contribution is 0.637. The second-order valence-electron chi connectivity index (χ2n) is 7.35. The lowest BCUT2D eigenvalue weighted by Gasteiger charge is -2.20. The molecule has 3 atom stereocenters. The van der Waals surface area contributed by atoms with Gasteiger partial charge in [-0.2, -0.15) is 0 Å². The third-order valence-electron chi connectivity index (χ3n) is 5.47. The molecule has 1 aromatic carbocycles. The SMILES string of the molecule is CN=C(NCC1CC1c1ccccc1)NC1CCN(c2ncccc2Cl)C1.I. The molecule has 2 N–H and O–H groups in total. The van der Waals surface area contributed by atoms with Crippen LogP contribution in [0.25, 0.3) is 0 Å². The van der Waals surface area contributed by atoms with Crippen molar-refractivity contribution in [1.29, 1.82) is 0 Å². The summed E-state index contributed by atoms with van der Waals surface area (Å²) in [5.41, 5.74) is 1.45. The zero-order chi connectivity index (χ0) is 18.6. The molecule has 4 rings (SSSR count). The summed E-state index contributed by atoms with van der Waals surface area (Å²) in [5, 5.41) is 7.76. The minimum Gasteiger partial charge on any atom is -0.356 e. The first kappa shape index (κ1) is 21.2. The predicted molar refractivity (Wildman–Crippen MR) is 127 cm³/mol. The molecule has 5 nitrogen and oxygen atoms in total. The standard InChI is InChI=1S/C21H26ClN5.HI/c1-23-21(25-13-16-12-18(16)15-6-3-2-4-7-15)26-17-9-11-27(14-17)20-19(22)8-5-10-24-20;/h2-8,10,16-18H,9,11-14H2,1H3,(H2,23,25,26);1H. The van der Waals surface area contributed by atoms with Crippen molar-refractivity contribution in [2.45, 2.75) is 24.8 Å². The Morgan fingerprint density at radius 2 is 2.07 bits per heavy atom. The van der Waals surface area contributed by atoms with Crippen molar-refractivity contribution in [3.63, 3.8) is 0 Å². The molecule has 0 spiro atoms. The van der Waals surface area contributed by atoms with Crippen molar-refractivity contribution in [2.24, 2.45) is 10.9 Å². The molecule has 2 heterocycles. The summed E-state index contributed by atoms with van der Waals surface area (Å²) in [6.07, 6.45) is 4.09.